The Kier molecular flexibility index (Phi) is 3.59. The lowest BCUT2D eigenvalue weighted by molar-refractivity contribution is 0.100. The van der Waals surface area contributed by atoms with Crippen molar-refractivity contribution in [1.82, 2.24) is 15.3 Å². The highest BCUT2D eigenvalue weighted by molar-refractivity contribution is 5.60. The predicted molar refractivity (Wildman–Crippen MR) is 84.6 cm³/mol. The van der Waals surface area contributed by atoms with Crippen molar-refractivity contribution in [2.45, 2.75) is 18.8 Å². The molecule has 0 radical (unpaired) electrons. The number of aromatic nitrogens is 2. The Morgan fingerprint density at radius 3 is 2.96 bits per heavy atom. The molecule has 0 aliphatic carbocycles. The van der Waals surface area contributed by atoms with Crippen molar-refractivity contribution in [3.8, 4) is 0 Å². The fourth-order valence-corrected chi connectivity index (χ4v) is 3.04. The molecule has 1 fully saturated rings. The maximum atomic E-state index is 13.1. The molecule has 4 rings (SSSR count). The molecule has 1 aromatic carbocycles. The van der Waals surface area contributed by atoms with Gasteiger partial charge in [0.15, 0.2) is 0 Å². The van der Waals surface area contributed by atoms with E-state index in [1.54, 1.807) is 18.5 Å². The van der Waals surface area contributed by atoms with Crippen molar-refractivity contribution in [3.63, 3.8) is 0 Å². The van der Waals surface area contributed by atoms with Gasteiger partial charge in [-0.15, -0.1) is 0 Å². The van der Waals surface area contributed by atoms with Crippen LogP contribution in [0, 0.1) is 5.82 Å². The smallest absolute Gasteiger partial charge is 0.141 e. The lowest BCUT2D eigenvalue weighted by atomic mass is 10.2. The van der Waals surface area contributed by atoms with Gasteiger partial charge >= 0.3 is 0 Å². The third-order valence-corrected chi connectivity index (χ3v) is 4.19. The van der Waals surface area contributed by atoms with Crippen molar-refractivity contribution in [2.75, 3.05) is 30.4 Å². The van der Waals surface area contributed by atoms with Crippen molar-refractivity contribution in [2.24, 2.45) is 0 Å². The zero-order valence-corrected chi connectivity index (χ0v) is 12.8. The molecule has 2 bridgehead atoms. The van der Waals surface area contributed by atoms with Gasteiger partial charge in [-0.25, -0.2) is 14.4 Å². The molecule has 0 amide bonds. The van der Waals surface area contributed by atoms with E-state index in [2.05, 4.69) is 20.6 Å². The molecule has 2 aliphatic rings. The first-order chi connectivity index (χ1) is 11.2. The van der Waals surface area contributed by atoms with Crippen LogP contribution in [0.5, 0.6) is 0 Å². The summed E-state index contributed by atoms with van der Waals surface area (Å²) in [6.07, 6.45) is 1.36. The summed E-state index contributed by atoms with van der Waals surface area (Å²) in [7, 11) is 1.96. The average molecular weight is 315 g/mol. The number of halogens is 1. The largest absolute Gasteiger partial charge is 0.368 e. The van der Waals surface area contributed by atoms with Crippen LogP contribution in [0.4, 0.5) is 16.0 Å². The Bertz CT molecular complexity index is 708. The number of hydrogen-bond donors (Lipinski definition) is 2. The van der Waals surface area contributed by atoms with Crippen molar-refractivity contribution >= 4 is 11.6 Å². The molecule has 120 valence electrons. The maximum Gasteiger partial charge on any atom is 0.141 e. The van der Waals surface area contributed by atoms with E-state index in [1.807, 2.05) is 11.9 Å². The summed E-state index contributed by atoms with van der Waals surface area (Å²) in [5, 5.41) is 6.79. The minimum absolute atomic E-state index is 0.197. The molecule has 2 aromatic rings. The molecule has 3 heterocycles. The number of rotatable bonds is 3. The molecule has 6 nitrogen and oxygen atoms in total. The number of benzene rings is 1. The summed E-state index contributed by atoms with van der Waals surface area (Å²) in [6.45, 7) is 2.08. The molecular formula is C16H18FN5O. The van der Waals surface area contributed by atoms with E-state index in [0.717, 1.165) is 29.3 Å². The van der Waals surface area contributed by atoms with Gasteiger partial charge in [0.1, 0.15) is 30.0 Å². The van der Waals surface area contributed by atoms with Gasteiger partial charge in [0, 0.05) is 20.1 Å². The van der Waals surface area contributed by atoms with Crippen LogP contribution in [0.15, 0.2) is 30.6 Å². The van der Waals surface area contributed by atoms with E-state index in [1.165, 1.54) is 12.1 Å². The minimum atomic E-state index is -0.230. The van der Waals surface area contributed by atoms with Crippen LogP contribution in [0.2, 0.25) is 0 Å². The molecule has 0 unspecified atom stereocenters. The number of nitrogens with one attached hydrogen (secondary N) is 2. The molecule has 1 saturated heterocycles. The number of anilines is 2. The summed E-state index contributed by atoms with van der Waals surface area (Å²) < 4.78 is 18.9. The normalized spacial score (nSPS) is 22.2. The van der Waals surface area contributed by atoms with E-state index in [0.29, 0.717) is 13.2 Å². The monoisotopic (exact) mass is 315 g/mol. The van der Waals surface area contributed by atoms with Gasteiger partial charge in [-0.1, -0.05) is 12.1 Å². The number of fused-ring (bicyclic) bond motifs is 4. The second kappa shape index (κ2) is 5.75. The highest BCUT2D eigenvalue weighted by atomic mass is 19.1. The Morgan fingerprint density at radius 1 is 1.30 bits per heavy atom. The van der Waals surface area contributed by atoms with Gasteiger partial charge in [0.2, 0.25) is 0 Å². The summed E-state index contributed by atoms with van der Waals surface area (Å²) >= 11 is 0. The van der Waals surface area contributed by atoms with E-state index >= 15 is 0 Å². The molecule has 2 aliphatic heterocycles. The maximum absolute atomic E-state index is 13.1. The second-order valence-electron chi connectivity index (χ2n) is 5.90. The lowest BCUT2D eigenvalue weighted by Crippen LogP contribution is -2.30. The fourth-order valence-electron chi connectivity index (χ4n) is 3.04. The lowest BCUT2D eigenvalue weighted by Gasteiger charge is -2.24. The van der Waals surface area contributed by atoms with Gasteiger partial charge in [-0.2, -0.15) is 0 Å². The standard InChI is InChI=1S/C16H18FN5O/c1-22(7-10-2-4-11(17)5-3-10)15-13-14(19-9-20-15)18-6-12-8-23-16(13)21-12/h2-5,9,12,16,21H,6-8H2,1H3,(H,18,19,20)/t12-,16-/m0/s1. The Labute approximate surface area is 133 Å². The van der Waals surface area contributed by atoms with Crippen LogP contribution in [0.1, 0.15) is 17.4 Å². The zero-order chi connectivity index (χ0) is 15.8. The van der Waals surface area contributed by atoms with Crippen molar-refractivity contribution < 1.29 is 9.13 Å². The molecule has 7 heteroatoms. The van der Waals surface area contributed by atoms with Crippen LogP contribution < -0.4 is 15.5 Å². The molecule has 23 heavy (non-hydrogen) atoms. The first-order valence-electron chi connectivity index (χ1n) is 7.63. The molecule has 2 N–H and O–H groups in total. The van der Waals surface area contributed by atoms with Gasteiger partial charge < -0.3 is 15.0 Å². The third-order valence-electron chi connectivity index (χ3n) is 4.19. The topological polar surface area (TPSA) is 62.3 Å². The van der Waals surface area contributed by atoms with Gasteiger partial charge in [0.05, 0.1) is 18.2 Å². The van der Waals surface area contributed by atoms with E-state index in [4.69, 9.17) is 4.74 Å². The average Bonchev–Trinajstić information content (AvgIpc) is 2.94. The van der Waals surface area contributed by atoms with Crippen molar-refractivity contribution in [1.29, 1.82) is 0 Å². The number of nitrogens with zero attached hydrogens (tertiary/aromatic N) is 3. The molecule has 2 atom stereocenters. The Hall–Kier alpha value is -2.25. The Morgan fingerprint density at radius 2 is 2.13 bits per heavy atom. The van der Waals surface area contributed by atoms with E-state index < -0.39 is 0 Å². The quantitative estimate of drug-likeness (QED) is 0.898. The predicted octanol–water partition coefficient (Wildman–Crippen LogP) is 1.66. The van der Waals surface area contributed by atoms with Crippen LogP contribution >= 0.6 is 0 Å². The van der Waals surface area contributed by atoms with Crippen LogP contribution in [0.25, 0.3) is 0 Å². The Balaban J connectivity index is 1.65. The van der Waals surface area contributed by atoms with Gasteiger partial charge in [-0.05, 0) is 17.7 Å². The first kappa shape index (κ1) is 14.3. The first-order valence-corrected chi connectivity index (χ1v) is 7.63. The van der Waals surface area contributed by atoms with Crippen LogP contribution in [-0.2, 0) is 11.3 Å². The number of ether oxygens (including phenoxy) is 1. The van der Waals surface area contributed by atoms with Crippen LogP contribution in [-0.4, -0.2) is 36.2 Å². The summed E-state index contributed by atoms with van der Waals surface area (Å²) in [5.41, 5.74) is 1.94. The minimum Gasteiger partial charge on any atom is -0.368 e. The van der Waals surface area contributed by atoms with Crippen molar-refractivity contribution in [3.05, 3.63) is 47.5 Å². The zero-order valence-electron chi connectivity index (χ0n) is 12.8. The molecule has 1 aromatic heterocycles. The summed E-state index contributed by atoms with van der Waals surface area (Å²) in [5.74, 6) is 1.39. The highest BCUT2D eigenvalue weighted by Crippen LogP contribution is 2.35. The fraction of sp³-hybridized carbons (Fsp3) is 0.375. The van der Waals surface area contributed by atoms with Gasteiger partial charge in [0.25, 0.3) is 0 Å². The summed E-state index contributed by atoms with van der Waals surface area (Å²) in [4.78, 5) is 10.8. The van der Waals surface area contributed by atoms with E-state index in [-0.39, 0.29) is 18.1 Å². The molecular weight excluding hydrogens is 297 g/mol. The third kappa shape index (κ3) is 2.73. The number of hydrogen-bond acceptors (Lipinski definition) is 6. The highest BCUT2D eigenvalue weighted by Gasteiger charge is 2.34. The van der Waals surface area contributed by atoms with Crippen LogP contribution in [0.3, 0.4) is 0 Å². The molecule has 0 saturated carbocycles. The van der Waals surface area contributed by atoms with Gasteiger partial charge in [-0.3, -0.25) is 5.32 Å². The van der Waals surface area contributed by atoms with E-state index in [9.17, 15) is 4.39 Å². The molecule has 0 spiro atoms. The SMILES string of the molecule is CN(Cc1ccc(F)cc1)c1ncnc2c1[C@H]1N[C@@H](CN2)CO1. The second-order valence-corrected chi connectivity index (χ2v) is 5.90. The summed E-state index contributed by atoms with van der Waals surface area (Å²) in [6, 6.07) is 6.79.